The van der Waals surface area contributed by atoms with E-state index in [1.54, 1.807) is 7.11 Å². The maximum atomic E-state index is 10.8. The van der Waals surface area contributed by atoms with Gasteiger partial charge < -0.3 is 14.7 Å². The number of aliphatic carboxylic acids is 1. The Morgan fingerprint density at radius 3 is 3.00 bits per heavy atom. The van der Waals surface area contributed by atoms with Gasteiger partial charge in [0, 0.05) is 19.1 Å². The van der Waals surface area contributed by atoms with Crippen LogP contribution in [-0.4, -0.2) is 30.0 Å². The van der Waals surface area contributed by atoms with E-state index in [0.29, 0.717) is 12.3 Å². The average molecular weight is 235 g/mol. The lowest BCUT2D eigenvalue weighted by molar-refractivity contribution is -0.148. The average Bonchev–Trinajstić information content (AvgIpc) is 2.79. The highest BCUT2D eigenvalue weighted by molar-refractivity contribution is 6.04. The predicted molar refractivity (Wildman–Crippen MR) is 60.8 cm³/mol. The normalized spacial score (nSPS) is 18.6. The van der Waals surface area contributed by atoms with Crippen LogP contribution in [0.2, 0.25) is 0 Å². The van der Waals surface area contributed by atoms with Crippen LogP contribution in [0, 0.1) is 0 Å². The maximum absolute atomic E-state index is 10.8. The van der Waals surface area contributed by atoms with Gasteiger partial charge in [-0.15, -0.1) is 0 Å². The van der Waals surface area contributed by atoms with Gasteiger partial charge in [-0.1, -0.05) is 29.4 Å². The summed E-state index contributed by atoms with van der Waals surface area (Å²) in [5.41, 5.74) is 2.52. The van der Waals surface area contributed by atoms with E-state index in [2.05, 4.69) is 5.16 Å². The number of benzene rings is 1. The van der Waals surface area contributed by atoms with Crippen molar-refractivity contribution in [3.05, 3.63) is 35.4 Å². The van der Waals surface area contributed by atoms with Gasteiger partial charge in [0.15, 0.2) is 0 Å². The van der Waals surface area contributed by atoms with Gasteiger partial charge in [-0.05, 0) is 5.56 Å². The summed E-state index contributed by atoms with van der Waals surface area (Å²) in [6.45, 7) is 0.465. The molecule has 0 saturated heterocycles. The molecule has 1 aromatic carbocycles. The highest BCUT2D eigenvalue weighted by atomic mass is 16.7. The molecule has 0 bridgehead atoms. The second-order valence-electron chi connectivity index (χ2n) is 3.76. The third kappa shape index (κ3) is 2.45. The van der Waals surface area contributed by atoms with Crippen LogP contribution in [-0.2, 0) is 21.0 Å². The summed E-state index contributed by atoms with van der Waals surface area (Å²) in [6, 6.07) is 7.60. The summed E-state index contributed by atoms with van der Waals surface area (Å²) in [4.78, 5) is 15.6. The molecule has 5 heteroatoms. The van der Waals surface area contributed by atoms with Crippen molar-refractivity contribution in [2.75, 3.05) is 7.11 Å². The fraction of sp³-hybridized carbons (Fsp3) is 0.333. The van der Waals surface area contributed by atoms with E-state index in [-0.39, 0.29) is 6.42 Å². The Balaban J connectivity index is 2.21. The molecule has 5 nitrogen and oxygen atoms in total. The minimum atomic E-state index is -0.993. The van der Waals surface area contributed by atoms with Gasteiger partial charge in [0.2, 0.25) is 6.10 Å². The molecule has 0 fully saturated rings. The van der Waals surface area contributed by atoms with Crippen molar-refractivity contribution in [3.63, 3.8) is 0 Å². The summed E-state index contributed by atoms with van der Waals surface area (Å²) in [6.07, 6.45) is -0.587. The number of carboxylic acids is 1. The first-order valence-corrected chi connectivity index (χ1v) is 5.25. The first-order valence-electron chi connectivity index (χ1n) is 5.25. The zero-order valence-electron chi connectivity index (χ0n) is 9.42. The van der Waals surface area contributed by atoms with Crippen LogP contribution in [0.1, 0.15) is 17.5 Å². The fourth-order valence-corrected chi connectivity index (χ4v) is 1.75. The summed E-state index contributed by atoms with van der Waals surface area (Å²) in [5.74, 6) is -0.993. The van der Waals surface area contributed by atoms with Crippen LogP contribution in [0.15, 0.2) is 29.4 Å². The highest BCUT2D eigenvalue weighted by Crippen LogP contribution is 2.20. The molecular weight excluding hydrogens is 222 g/mol. The molecule has 0 radical (unpaired) electrons. The zero-order chi connectivity index (χ0) is 12.3. The van der Waals surface area contributed by atoms with Crippen LogP contribution in [0.25, 0.3) is 0 Å². The SMILES string of the molecule is COCc1ccccc1C1=NOC(C(=O)O)C1. The molecule has 1 aromatic rings. The second kappa shape index (κ2) is 4.97. The molecule has 1 atom stereocenters. The smallest absolute Gasteiger partial charge is 0.348 e. The van der Waals surface area contributed by atoms with E-state index in [4.69, 9.17) is 14.7 Å². The summed E-state index contributed by atoms with van der Waals surface area (Å²) in [7, 11) is 1.61. The number of rotatable bonds is 4. The summed E-state index contributed by atoms with van der Waals surface area (Å²) < 4.78 is 5.09. The minimum Gasteiger partial charge on any atom is -0.478 e. The molecular formula is C12H13NO4. The predicted octanol–water partition coefficient (Wildman–Crippen LogP) is 1.41. The van der Waals surface area contributed by atoms with E-state index in [1.807, 2.05) is 24.3 Å². The van der Waals surface area contributed by atoms with Gasteiger partial charge >= 0.3 is 5.97 Å². The van der Waals surface area contributed by atoms with Crippen LogP contribution in [0.4, 0.5) is 0 Å². The van der Waals surface area contributed by atoms with Gasteiger partial charge in [-0.2, -0.15) is 0 Å². The Labute approximate surface area is 98.6 Å². The van der Waals surface area contributed by atoms with Crippen molar-refractivity contribution < 1.29 is 19.5 Å². The Morgan fingerprint density at radius 1 is 1.59 bits per heavy atom. The number of carbonyl (C=O) groups is 1. The Bertz CT molecular complexity index is 456. The number of hydrogen-bond acceptors (Lipinski definition) is 4. The van der Waals surface area contributed by atoms with Crippen molar-refractivity contribution in [3.8, 4) is 0 Å². The van der Waals surface area contributed by atoms with E-state index >= 15 is 0 Å². The van der Waals surface area contributed by atoms with E-state index in [0.717, 1.165) is 11.1 Å². The highest BCUT2D eigenvalue weighted by Gasteiger charge is 2.29. The quantitative estimate of drug-likeness (QED) is 0.856. The van der Waals surface area contributed by atoms with Crippen LogP contribution in [0.3, 0.4) is 0 Å². The number of hydrogen-bond donors (Lipinski definition) is 1. The molecule has 0 aliphatic carbocycles. The molecule has 0 saturated carbocycles. The molecule has 2 rings (SSSR count). The van der Waals surface area contributed by atoms with Crippen LogP contribution >= 0.6 is 0 Å². The molecule has 1 N–H and O–H groups in total. The fourth-order valence-electron chi connectivity index (χ4n) is 1.75. The Hall–Kier alpha value is -1.88. The number of oxime groups is 1. The molecule has 1 heterocycles. The Morgan fingerprint density at radius 2 is 2.35 bits per heavy atom. The number of carboxylic acid groups (broad SMARTS) is 1. The molecule has 1 aliphatic heterocycles. The molecule has 17 heavy (non-hydrogen) atoms. The lowest BCUT2D eigenvalue weighted by Gasteiger charge is -2.07. The summed E-state index contributed by atoms with van der Waals surface area (Å²) >= 11 is 0. The number of ether oxygens (including phenoxy) is 1. The molecule has 0 amide bonds. The summed E-state index contributed by atoms with van der Waals surface area (Å²) in [5, 5.41) is 12.7. The standard InChI is InChI=1S/C12H13NO4/c1-16-7-8-4-2-3-5-9(8)10-6-11(12(14)15)17-13-10/h2-5,11H,6-7H2,1H3,(H,14,15). The van der Waals surface area contributed by atoms with Gasteiger partial charge in [-0.25, -0.2) is 4.79 Å². The molecule has 90 valence electrons. The molecule has 1 unspecified atom stereocenters. The molecule has 0 aromatic heterocycles. The third-order valence-electron chi connectivity index (χ3n) is 2.57. The van der Waals surface area contributed by atoms with Gasteiger partial charge in [0.1, 0.15) is 0 Å². The van der Waals surface area contributed by atoms with Gasteiger partial charge in [-0.3, -0.25) is 0 Å². The van der Waals surface area contributed by atoms with E-state index < -0.39 is 12.1 Å². The van der Waals surface area contributed by atoms with Gasteiger partial charge in [0.05, 0.1) is 12.3 Å². The Kier molecular flexibility index (Phi) is 3.39. The number of methoxy groups -OCH3 is 1. The lowest BCUT2D eigenvalue weighted by Crippen LogP contribution is -2.20. The molecule has 0 spiro atoms. The van der Waals surface area contributed by atoms with Crippen molar-refractivity contribution in [1.82, 2.24) is 0 Å². The van der Waals surface area contributed by atoms with Gasteiger partial charge in [0.25, 0.3) is 0 Å². The van der Waals surface area contributed by atoms with Crippen molar-refractivity contribution in [2.24, 2.45) is 5.16 Å². The number of nitrogens with zero attached hydrogens (tertiary/aromatic N) is 1. The lowest BCUT2D eigenvalue weighted by atomic mass is 10.00. The van der Waals surface area contributed by atoms with E-state index in [1.165, 1.54) is 0 Å². The first kappa shape index (κ1) is 11.6. The van der Waals surface area contributed by atoms with Crippen LogP contribution in [0.5, 0.6) is 0 Å². The topological polar surface area (TPSA) is 68.1 Å². The minimum absolute atomic E-state index is 0.288. The van der Waals surface area contributed by atoms with E-state index in [9.17, 15) is 4.79 Å². The zero-order valence-corrected chi connectivity index (χ0v) is 9.42. The van der Waals surface area contributed by atoms with Crippen molar-refractivity contribution in [2.45, 2.75) is 19.1 Å². The first-order chi connectivity index (χ1) is 8.22. The third-order valence-corrected chi connectivity index (χ3v) is 2.57. The monoisotopic (exact) mass is 235 g/mol. The maximum Gasteiger partial charge on any atom is 0.348 e. The van der Waals surface area contributed by atoms with Crippen molar-refractivity contribution in [1.29, 1.82) is 0 Å². The van der Waals surface area contributed by atoms with Crippen molar-refractivity contribution >= 4 is 11.7 Å². The largest absolute Gasteiger partial charge is 0.478 e. The molecule has 1 aliphatic rings. The second-order valence-corrected chi connectivity index (χ2v) is 3.76. The van der Waals surface area contributed by atoms with Crippen LogP contribution < -0.4 is 0 Å².